The molecule has 12 nitrogen and oxygen atoms in total. The van der Waals surface area contributed by atoms with Crippen LogP contribution in [0.3, 0.4) is 0 Å². The molecular weight excluding hydrogens is 1490 g/mol. The minimum absolute atomic E-state index is 0. The molecule has 12 aromatic rings. The van der Waals surface area contributed by atoms with Crippen molar-refractivity contribution < 1.29 is 118 Å². The van der Waals surface area contributed by atoms with E-state index in [1.165, 1.54) is 61.2 Å². The molecule has 0 aliphatic carbocycles. The number of nitrogens with zero attached hydrogens (tertiary/aromatic N) is 4. The zero-order valence-corrected chi connectivity index (χ0v) is 50.2. The quantitative estimate of drug-likeness (QED) is 0.0488. The Bertz CT molecular complexity index is 4400. The van der Waals surface area contributed by atoms with Crippen molar-refractivity contribution in [2.24, 2.45) is 0 Å². The third kappa shape index (κ3) is 20.2. The van der Waals surface area contributed by atoms with E-state index in [2.05, 4.69) is 42.5 Å². The number of furan rings is 2. The van der Waals surface area contributed by atoms with Crippen LogP contribution >= 0.6 is 0 Å². The van der Waals surface area contributed by atoms with E-state index in [-0.39, 0.29) is 107 Å². The number of aromatic nitrogens is 4. The molecule has 0 spiro atoms. The number of benzene rings is 6. The molecule has 20 heteroatoms. The van der Waals surface area contributed by atoms with Gasteiger partial charge in [-0.15, -0.1) is 94.3 Å². The molecule has 0 saturated heterocycles. The van der Waals surface area contributed by atoms with Gasteiger partial charge in [0.2, 0.25) is 0 Å². The van der Waals surface area contributed by atoms with Gasteiger partial charge in [0.1, 0.15) is 28.4 Å². The van der Waals surface area contributed by atoms with Crippen molar-refractivity contribution in [3.8, 4) is 45.0 Å². The van der Waals surface area contributed by atoms with Gasteiger partial charge in [0.05, 0.1) is 14.0 Å². The van der Waals surface area contributed by atoms with Gasteiger partial charge in [-0.1, -0.05) is 66.4 Å². The third-order valence-electron chi connectivity index (χ3n) is 10.6. The molecule has 3 N–H and O–H groups in total. The number of alkyl halides is 3. The van der Waals surface area contributed by atoms with E-state index < -0.39 is 54.7 Å². The Hall–Kier alpha value is -7.74. The van der Waals surface area contributed by atoms with Gasteiger partial charge < -0.3 is 41.4 Å². The Kier molecular flexibility index (Phi) is 22.3. The van der Waals surface area contributed by atoms with Crippen molar-refractivity contribution in [1.29, 1.82) is 0 Å². The number of aryl methyl sites for hydroxylation is 4. The number of hydrogen-bond donors (Lipinski definition) is 3. The molecule has 0 atom stereocenters. The first-order valence-electron chi connectivity index (χ1n) is 30.7. The molecule has 456 valence electrons. The fraction of sp³-hybridized carbons (Fsp3) is 0.136. The predicted molar refractivity (Wildman–Crippen MR) is 321 cm³/mol. The maximum Gasteiger partial charge on any atom is 0.525 e. The molecule has 12 rings (SSSR count). The monoisotopic (exact) mass is 1560 g/mol. The zero-order chi connectivity index (χ0) is 71.1. The Morgan fingerprint density at radius 3 is 1.49 bits per heavy atom. The van der Waals surface area contributed by atoms with E-state index in [1.54, 1.807) is 79.7 Å². The van der Waals surface area contributed by atoms with E-state index in [1.807, 2.05) is 42.5 Å². The minimum Gasteiger partial charge on any atom is -0.500 e. The first kappa shape index (κ1) is 53.7. The van der Waals surface area contributed by atoms with Crippen molar-refractivity contribution in [3.63, 3.8) is 0 Å². The van der Waals surface area contributed by atoms with E-state index >= 15 is 0 Å². The molecule has 0 bridgehead atoms. The van der Waals surface area contributed by atoms with Crippen molar-refractivity contribution in [2.45, 2.75) is 47.3 Å². The first-order valence-corrected chi connectivity index (χ1v) is 25.1. The predicted octanol–water partition coefficient (Wildman–Crippen LogP) is 16.7. The summed E-state index contributed by atoms with van der Waals surface area (Å²) in [4.78, 5) is 16.7. The summed E-state index contributed by atoms with van der Waals surface area (Å²) in [5.74, 6) is -1.32. The van der Waals surface area contributed by atoms with Gasteiger partial charge in [0, 0.05) is 129 Å². The second-order valence-electron chi connectivity index (χ2n) is 16.1. The Labute approximate surface area is 543 Å². The van der Waals surface area contributed by atoms with Gasteiger partial charge in [0.25, 0.3) is 0 Å². The molecule has 6 aromatic heterocycles. The second-order valence-corrected chi connectivity index (χ2v) is 17.7. The smallest absolute Gasteiger partial charge is 0.500 e. The fourth-order valence-corrected chi connectivity index (χ4v) is 7.23. The van der Waals surface area contributed by atoms with E-state index in [0.29, 0.717) is 49.8 Å². The van der Waals surface area contributed by atoms with Gasteiger partial charge in [-0.2, -0.15) is 21.6 Å². The topological polar surface area (TPSA) is 182 Å². The molecule has 2 radical (unpaired) electrons. The summed E-state index contributed by atoms with van der Waals surface area (Å²) in [6.07, 6.45) is 5.64. The normalized spacial score (nSPS) is 13.2. The number of rotatable bonds is 5. The number of aliphatic hydroxyl groups is 2. The molecule has 0 unspecified atom stereocenters. The molecule has 6 aromatic carbocycles. The van der Waals surface area contributed by atoms with Gasteiger partial charge in [-0.05, 0) is 117 Å². The Morgan fingerprint density at radius 1 is 0.581 bits per heavy atom. The van der Waals surface area contributed by atoms with Crippen molar-refractivity contribution >= 4 is 54.0 Å². The average molecular weight is 1560 g/mol. The van der Waals surface area contributed by atoms with Gasteiger partial charge in [0.15, 0.2) is 0 Å². The molecular formula is C66H61F5Ir2N4O8S-4. The maximum atomic E-state index is 13.7. The molecule has 0 aliphatic heterocycles. The molecule has 0 saturated carbocycles. The van der Waals surface area contributed by atoms with Crippen molar-refractivity contribution in [2.75, 3.05) is 13.7 Å². The van der Waals surface area contributed by atoms with Crippen LogP contribution in [0.25, 0.3) is 88.9 Å². The maximum absolute atomic E-state index is 13.7. The fourth-order valence-electron chi connectivity index (χ4n) is 7.14. The number of fused-ring (bicyclic) bond motifs is 6. The van der Waals surface area contributed by atoms with Crippen LogP contribution < -0.4 is 0 Å². The average Bonchev–Trinajstić information content (AvgIpc) is 1.61. The number of para-hydroxylation sites is 1. The molecule has 0 amide bonds. The number of pyridine rings is 4. The number of aliphatic hydroxyl groups excluding tert-OH is 2. The molecule has 6 heterocycles. The minimum atomic E-state index is -5.78. The Balaban J connectivity index is 0.000000428. The second kappa shape index (κ2) is 35.7. The summed E-state index contributed by atoms with van der Waals surface area (Å²) in [6, 6.07) is 50.2. The van der Waals surface area contributed by atoms with Crippen LogP contribution in [0.1, 0.15) is 55.8 Å². The van der Waals surface area contributed by atoms with Crippen molar-refractivity contribution in [3.05, 3.63) is 248 Å². The number of halogens is 5. The van der Waals surface area contributed by atoms with Crippen LogP contribution in [0.15, 0.2) is 197 Å². The summed E-state index contributed by atoms with van der Waals surface area (Å²) < 4.78 is 197. The van der Waals surface area contributed by atoms with Crippen LogP contribution in [0, 0.1) is 64.7 Å². The molecule has 0 fully saturated rings. The summed E-state index contributed by atoms with van der Waals surface area (Å²) in [5.41, 5.74) is 1.54. The van der Waals surface area contributed by atoms with Crippen molar-refractivity contribution in [1.82, 2.24) is 19.9 Å². The SMILES string of the molecule is C.CCO.CO.O=S(=O)(OO)C(F)(F)F.[2H]C([2H])([2H])c1ccc(-c2[c-]cccc2)nc1.[2H]C([2H])([2H])c1ccc(-c2[c-]cccc2)nc1.[2H]c1c(F)ccc2c1oc1c(-c3cc(C([2H])([2H])[2H])ccn3)[c-]ccc12.[2H]c1c(F)ccc2c1oc1c(-c3cc(C([2H])([2H])[2H])ccn3)cccc12.[CH3-].[Ir].[Ir]. The summed E-state index contributed by atoms with van der Waals surface area (Å²) in [5, 5.41) is 24.4. The van der Waals surface area contributed by atoms with E-state index in [0.717, 1.165) is 35.0 Å². The van der Waals surface area contributed by atoms with Crippen LogP contribution in [0.2, 0.25) is 0 Å². The summed E-state index contributed by atoms with van der Waals surface area (Å²) in [6.45, 7) is -6.74. The summed E-state index contributed by atoms with van der Waals surface area (Å²) >= 11 is 0. The van der Waals surface area contributed by atoms with Crippen LogP contribution in [0.5, 0.6) is 0 Å². The summed E-state index contributed by atoms with van der Waals surface area (Å²) in [7, 11) is -4.78. The van der Waals surface area contributed by atoms with Gasteiger partial charge in [-0.3, -0.25) is 4.98 Å². The molecule has 0 aliphatic rings. The van der Waals surface area contributed by atoms with Crippen LogP contribution in [-0.4, -0.2) is 63.0 Å². The van der Waals surface area contributed by atoms with E-state index in [4.69, 9.17) is 43.5 Å². The zero-order valence-electron chi connectivity index (χ0n) is 58.6. The van der Waals surface area contributed by atoms with E-state index in [9.17, 15) is 30.4 Å². The largest absolute Gasteiger partial charge is 0.525 e. The molecule has 86 heavy (non-hydrogen) atoms. The van der Waals surface area contributed by atoms with Crippen LogP contribution in [-0.2, 0) is 54.7 Å². The van der Waals surface area contributed by atoms with Gasteiger partial charge >= 0.3 is 15.6 Å². The standard InChI is InChI=1S/C18H12FNO.C18H11FNO.2C12H10N.C2H6O.CHF3O4S.CH4O.CH4.CH3.2Ir/c2*1-11-7-8-20-16(9-11)15-4-2-3-14-13-6-5-12(19)10-17(13)21-18(14)15;2*1-10-7-8-12(13-9-10)11-5-3-2-4-6-11;1-2-3;2-1(3,4)9(6,7)8-5;1-2;;;;/h2-10H,1H3;2-3,5-10H,1H3;2*2-5,7-9H,1H3;3H,2H2,1H3;5H;2H,1H3;1H4;1H3;;/q;3*-1;;;;;-1;;/i2*1D3,10D;2*1D3;;;;;;;. The first-order chi connectivity index (χ1) is 45.1. The Morgan fingerprint density at radius 2 is 1.06 bits per heavy atom. The van der Waals surface area contributed by atoms with Gasteiger partial charge in [-0.25, -0.2) is 14.0 Å². The third-order valence-corrected chi connectivity index (χ3v) is 11.4. The number of hydrogen-bond acceptors (Lipinski definition) is 12. The van der Waals surface area contributed by atoms with Crippen LogP contribution in [0.4, 0.5) is 22.0 Å².